The van der Waals surface area contributed by atoms with Crippen LogP contribution in [0.25, 0.3) is 0 Å². The van der Waals surface area contributed by atoms with Crippen molar-refractivity contribution in [3.05, 3.63) is 59.5 Å². The van der Waals surface area contributed by atoms with Crippen LogP contribution in [-0.4, -0.2) is 5.91 Å². The van der Waals surface area contributed by atoms with Crippen LogP contribution in [0, 0.1) is 0 Å². The van der Waals surface area contributed by atoms with Crippen molar-refractivity contribution in [2.45, 2.75) is 37.8 Å². The van der Waals surface area contributed by atoms with E-state index in [2.05, 4.69) is 5.32 Å². The molecular weight excluding hydrogens is 264 g/mol. The van der Waals surface area contributed by atoms with E-state index >= 15 is 0 Å². The van der Waals surface area contributed by atoms with Crippen molar-refractivity contribution in [1.29, 1.82) is 0 Å². The standard InChI is InChI=1S/C17H20N2O2/c18-14(12-5-2-1-3-6-12)11-17(20)19-15-7-4-8-16-13(15)9-10-21-16/h1-3,5-6,9-10,14-15H,4,7-8,11,18H2,(H,19,20). The number of hydrogen-bond acceptors (Lipinski definition) is 3. The fourth-order valence-electron chi connectivity index (χ4n) is 2.91. The van der Waals surface area contributed by atoms with Gasteiger partial charge in [-0.05, 0) is 24.5 Å². The van der Waals surface area contributed by atoms with Crippen molar-refractivity contribution >= 4 is 5.91 Å². The molecule has 21 heavy (non-hydrogen) atoms. The van der Waals surface area contributed by atoms with Gasteiger partial charge in [0.1, 0.15) is 5.76 Å². The SMILES string of the molecule is NC(CC(=O)NC1CCCc2occc21)c1ccccc1. The Morgan fingerprint density at radius 2 is 2.14 bits per heavy atom. The maximum Gasteiger partial charge on any atom is 0.222 e. The van der Waals surface area contributed by atoms with E-state index in [1.165, 1.54) is 0 Å². The third-order valence-electron chi connectivity index (χ3n) is 4.02. The number of aryl methyl sites for hydroxylation is 1. The second kappa shape index (κ2) is 6.14. The van der Waals surface area contributed by atoms with Gasteiger partial charge in [0, 0.05) is 24.4 Å². The normalized spacial score (nSPS) is 18.8. The zero-order valence-electron chi connectivity index (χ0n) is 11.9. The van der Waals surface area contributed by atoms with Crippen molar-refractivity contribution in [2.75, 3.05) is 0 Å². The highest BCUT2D eigenvalue weighted by Crippen LogP contribution is 2.30. The van der Waals surface area contributed by atoms with E-state index < -0.39 is 0 Å². The van der Waals surface area contributed by atoms with Crippen molar-refractivity contribution in [3.63, 3.8) is 0 Å². The molecule has 1 aromatic heterocycles. The summed E-state index contributed by atoms with van der Waals surface area (Å²) in [7, 11) is 0. The number of nitrogens with two attached hydrogens (primary N) is 1. The molecule has 0 bridgehead atoms. The van der Waals surface area contributed by atoms with E-state index in [1.54, 1.807) is 6.26 Å². The van der Waals surface area contributed by atoms with Gasteiger partial charge < -0.3 is 15.5 Å². The van der Waals surface area contributed by atoms with Crippen molar-refractivity contribution in [1.82, 2.24) is 5.32 Å². The molecule has 3 rings (SSSR count). The Morgan fingerprint density at radius 3 is 2.95 bits per heavy atom. The van der Waals surface area contributed by atoms with E-state index in [-0.39, 0.29) is 18.0 Å². The van der Waals surface area contributed by atoms with Gasteiger partial charge in [-0.1, -0.05) is 30.3 Å². The quantitative estimate of drug-likeness (QED) is 0.907. The molecule has 1 aliphatic carbocycles. The molecule has 1 aliphatic rings. The lowest BCUT2D eigenvalue weighted by molar-refractivity contribution is -0.122. The molecule has 4 nitrogen and oxygen atoms in total. The molecule has 1 amide bonds. The van der Waals surface area contributed by atoms with Crippen molar-refractivity contribution in [3.8, 4) is 0 Å². The Labute approximate surface area is 124 Å². The number of hydrogen-bond donors (Lipinski definition) is 2. The average molecular weight is 284 g/mol. The smallest absolute Gasteiger partial charge is 0.222 e. The number of carbonyl (C=O) groups is 1. The van der Waals surface area contributed by atoms with E-state index in [9.17, 15) is 4.79 Å². The van der Waals surface area contributed by atoms with Gasteiger partial charge in [0.05, 0.1) is 12.3 Å². The summed E-state index contributed by atoms with van der Waals surface area (Å²) in [5, 5.41) is 3.08. The third kappa shape index (κ3) is 3.16. The van der Waals surface area contributed by atoms with Gasteiger partial charge in [-0.25, -0.2) is 0 Å². The fourth-order valence-corrected chi connectivity index (χ4v) is 2.91. The molecule has 0 aliphatic heterocycles. The summed E-state index contributed by atoms with van der Waals surface area (Å²) in [4.78, 5) is 12.2. The van der Waals surface area contributed by atoms with Crippen LogP contribution in [0.15, 0.2) is 47.1 Å². The van der Waals surface area contributed by atoms with Gasteiger partial charge in [0.2, 0.25) is 5.91 Å². The molecule has 2 atom stereocenters. The highest BCUT2D eigenvalue weighted by atomic mass is 16.3. The lowest BCUT2D eigenvalue weighted by Gasteiger charge is -2.23. The zero-order valence-corrected chi connectivity index (χ0v) is 11.9. The third-order valence-corrected chi connectivity index (χ3v) is 4.02. The summed E-state index contributed by atoms with van der Waals surface area (Å²) in [6.07, 6.45) is 4.95. The first-order valence-electron chi connectivity index (χ1n) is 7.40. The maximum atomic E-state index is 12.2. The number of carbonyl (C=O) groups excluding carboxylic acids is 1. The van der Waals surface area contributed by atoms with Crippen LogP contribution in [0.3, 0.4) is 0 Å². The number of nitrogens with one attached hydrogen (secondary N) is 1. The number of amides is 1. The number of benzene rings is 1. The molecule has 3 N–H and O–H groups in total. The molecule has 4 heteroatoms. The summed E-state index contributed by atoms with van der Waals surface area (Å²) < 4.78 is 5.44. The molecule has 0 saturated carbocycles. The second-order valence-corrected chi connectivity index (χ2v) is 5.53. The molecule has 2 aromatic rings. The average Bonchev–Trinajstić information content (AvgIpc) is 2.97. The van der Waals surface area contributed by atoms with Gasteiger partial charge in [0.15, 0.2) is 0 Å². The van der Waals surface area contributed by atoms with Gasteiger partial charge >= 0.3 is 0 Å². The lowest BCUT2D eigenvalue weighted by Crippen LogP contribution is -2.32. The predicted octanol–water partition coefficient (Wildman–Crippen LogP) is 2.86. The molecule has 110 valence electrons. The first-order valence-corrected chi connectivity index (χ1v) is 7.40. The number of rotatable bonds is 4. The van der Waals surface area contributed by atoms with E-state index in [0.29, 0.717) is 6.42 Å². The Bertz CT molecular complexity index is 606. The molecule has 1 heterocycles. The summed E-state index contributed by atoms with van der Waals surface area (Å²) in [5.41, 5.74) is 8.20. The summed E-state index contributed by atoms with van der Waals surface area (Å²) in [6.45, 7) is 0. The molecule has 2 unspecified atom stereocenters. The van der Waals surface area contributed by atoms with Crippen molar-refractivity contribution in [2.24, 2.45) is 5.73 Å². The summed E-state index contributed by atoms with van der Waals surface area (Å²) in [5.74, 6) is 0.990. The van der Waals surface area contributed by atoms with E-state index in [4.69, 9.17) is 10.2 Å². The molecule has 0 radical (unpaired) electrons. The number of fused-ring (bicyclic) bond motifs is 1. The van der Waals surface area contributed by atoms with Crippen LogP contribution in [0.1, 0.15) is 48.2 Å². The van der Waals surface area contributed by atoms with Crippen LogP contribution < -0.4 is 11.1 Å². The topological polar surface area (TPSA) is 68.3 Å². The number of furan rings is 1. The molecule has 0 saturated heterocycles. The van der Waals surface area contributed by atoms with E-state index in [1.807, 2.05) is 36.4 Å². The van der Waals surface area contributed by atoms with Crippen molar-refractivity contribution < 1.29 is 9.21 Å². The monoisotopic (exact) mass is 284 g/mol. The Morgan fingerprint density at radius 1 is 1.33 bits per heavy atom. The van der Waals surface area contributed by atoms with Crippen LogP contribution in [0.2, 0.25) is 0 Å². The predicted molar refractivity (Wildman–Crippen MR) is 80.5 cm³/mol. The molecular formula is C17H20N2O2. The van der Waals surface area contributed by atoms with Crippen LogP contribution in [0.4, 0.5) is 0 Å². The Balaban J connectivity index is 1.61. The van der Waals surface area contributed by atoms with E-state index in [0.717, 1.165) is 36.1 Å². The van der Waals surface area contributed by atoms with Gasteiger partial charge in [-0.2, -0.15) is 0 Å². The molecule has 1 aromatic carbocycles. The molecule has 0 spiro atoms. The second-order valence-electron chi connectivity index (χ2n) is 5.53. The van der Waals surface area contributed by atoms with Gasteiger partial charge in [-0.3, -0.25) is 4.79 Å². The van der Waals surface area contributed by atoms with Crippen LogP contribution in [-0.2, 0) is 11.2 Å². The van der Waals surface area contributed by atoms with Crippen LogP contribution >= 0.6 is 0 Å². The highest BCUT2D eigenvalue weighted by Gasteiger charge is 2.24. The first kappa shape index (κ1) is 13.9. The highest BCUT2D eigenvalue weighted by molar-refractivity contribution is 5.77. The summed E-state index contributed by atoms with van der Waals surface area (Å²) in [6, 6.07) is 11.5. The minimum absolute atomic E-state index is 0.00889. The maximum absolute atomic E-state index is 12.2. The molecule has 0 fully saturated rings. The lowest BCUT2D eigenvalue weighted by atomic mass is 9.93. The zero-order chi connectivity index (χ0) is 14.7. The minimum atomic E-state index is -0.265. The largest absolute Gasteiger partial charge is 0.469 e. The fraction of sp³-hybridized carbons (Fsp3) is 0.353. The first-order chi connectivity index (χ1) is 10.2. The van der Waals surface area contributed by atoms with Gasteiger partial charge in [-0.15, -0.1) is 0 Å². The van der Waals surface area contributed by atoms with Crippen LogP contribution in [0.5, 0.6) is 0 Å². The Hall–Kier alpha value is -2.07. The Kier molecular flexibility index (Phi) is 4.06. The summed E-state index contributed by atoms with van der Waals surface area (Å²) >= 11 is 0. The minimum Gasteiger partial charge on any atom is -0.469 e. The van der Waals surface area contributed by atoms with Gasteiger partial charge in [0.25, 0.3) is 0 Å².